The smallest absolute Gasteiger partial charge is 0.251 e. The summed E-state index contributed by atoms with van der Waals surface area (Å²) in [4.78, 5) is 33.1. The first kappa shape index (κ1) is 25.7. The monoisotopic (exact) mass is 490 g/mol. The van der Waals surface area contributed by atoms with Crippen molar-refractivity contribution in [1.82, 2.24) is 10.2 Å². The van der Waals surface area contributed by atoms with Gasteiger partial charge in [0.25, 0.3) is 5.91 Å². The first-order valence-electron chi connectivity index (χ1n) is 13.1. The molecule has 2 heterocycles. The number of nitrogens with two attached hydrogens (primary N) is 1. The van der Waals surface area contributed by atoms with E-state index in [0.29, 0.717) is 18.6 Å². The summed E-state index contributed by atoms with van der Waals surface area (Å²) in [5.74, 6) is 1.07. The van der Waals surface area contributed by atoms with Gasteiger partial charge in [-0.2, -0.15) is 0 Å². The summed E-state index contributed by atoms with van der Waals surface area (Å²) in [6.07, 6.45) is 3.48. The largest absolute Gasteiger partial charge is 0.493 e. The Morgan fingerprint density at radius 3 is 2.64 bits per heavy atom. The summed E-state index contributed by atoms with van der Waals surface area (Å²) in [5, 5.41) is 3.21. The molecule has 2 aliphatic rings. The van der Waals surface area contributed by atoms with Gasteiger partial charge >= 0.3 is 0 Å². The summed E-state index contributed by atoms with van der Waals surface area (Å²) in [6.45, 7) is 8.80. The normalized spacial score (nSPS) is 21.7. The summed E-state index contributed by atoms with van der Waals surface area (Å²) in [5.41, 5.74) is 8.42. The molecule has 7 heteroatoms. The van der Waals surface area contributed by atoms with Crippen LogP contribution >= 0.6 is 0 Å². The average molecular weight is 491 g/mol. The van der Waals surface area contributed by atoms with Crippen LogP contribution in [0.4, 0.5) is 0 Å². The maximum atomic E-state index is 13.4. The van der Waals surface area contributed by atoms with Crippen molar-refractivity contribution in [2.45, 2.75) is 77.4 Å². The molecule has 0 fully saturated rings. The number of fused-ring (bicyclic) bond motifs is 1. The molecule has 0 bridgehead atoms. The molecule has 7 nitrogen and oxygen atoms in total. The van der Waals surface area contributed by atoms with Gasteiger partial charge in [-0.25, -0.2) is 4.99 Å². The van der Waals surface area contributed by atoms with E-state index < -0.39 is 5.54 Å². The molecular formula is C29H38N4O3. The van der Waals surface area contributed by atoms with Crippen LogP contribution in [0, 0.1) is 5.92 Å². The van der Waals surface area contributed by atoms with Gasteiger partial charge < -0.3 is 15.8 Å². The lowest BCUT2D eigenvalue weighted by molar-refractivity contribution is -0.131. The molecule has 0 aromatic heterocycles. The van der Waals surface area contributed by atoms with Crippen molar-refractivity contribution in [3.63, 3.8) is 0 Å². The van der Waals surface area contributed by atoms with Crippen molar-refractivity contribution in [2.24, 2.45) is 16.6 Å². The molecule has 0 aliphatic carbocycles. The molecule has 2 aromatic carbocycles. The van der Waals surface area contributed by atoms with Crippen LogP contribution in [-0.4, -0.2) is 34.8 Å². The lowest BCUT2D eigenvalue weighted by atomic mass is 9.87. The van der Waals surface area contributed by atoms with Crippen molar-refractivity contribution in [1.29, 1.82) is 0 Å². The van der Waals surface area contributed by atoms with E-state index in [9.17, 15) is 9.59 Å². The fourth-order valence-corrected chi connectivity index (χ4v) is 5.37. The zero-order chi connectivity index (χ0) is 25.9. The highest BCUT2D eigenvalue weighted by Crippen LogP contribution is 2.37. The highest BCUT2D eigenvalue weighted by Gasteiger charge is 2.40. The number of nitrogens with zero attached hydrogens (tertiary/aromatic N) is 2. The average Bonchev–Trinajstić information content (AvgIpc) is 2.89. The van der Waals surface area contributed by atoms with Gasteiger partial charge in [0, 0.05) is 17.0 Å². The standard InChI is InChI=1S/C29H38N4O3/c1-5-11-23(33-25(34)17-29(6-2,7-3)32-28(33)30)20-12-10-13-21(16-20)27(35)31-26-19(4)18-36-24-15-9-8-14-22(24)26/h8-10,12-16,19,23,26H,5-7,11,17-18H2,1-4H3,(H2,30,32)(H,31,35)/t19-,23+,26-/m0/s1. The number of amides is 2. The van der Waals surface area contributed by atoms with E-state index in [1.54, 1.807) is 4.90 Å². The second-order valence-corrected chi connectivity index (χ2v) is 10.0. The molecule has 192 valence electrons. The van der Waals surface area contributed by atoms with Gasteiger partial charge in [-0.15, -0.1) is 0 Å². The molecule has 3 N–H and O–H groups in total. The number of hydrogen-bond acceptors (Lipinski definition) is 5. The number of ether oxygens (including phenoxy) is 1. The highest BCUT2D eigenvalue weighted by molar-refractivity contribution is 6.00. The second-order valence-electron chi connectivity index (χ2n) is 10.0. The van der Waals surface area contributed by atoms with E-state index in [2.05, 4.69) is 19.2 Å². The molecule has 2 aromatic rings. The van der Waals surface area contributed by atoms with E-state index in [0.717, 1.165) is 42.6 Å². The number of benzene rings is 2. The van der Waals surface area contributed by atoms with E-state index in [1.165, 1.54) is 0 Å². The molecular weight excluding hydrogens is 452 g/mol. The van der Waals surface area contributed by atoms with Gasteiger partial charge in [0.15, 0.2) is 5.96 Å². The topological polar surface area (TPSA) is 97.0 Å². The van der Waals surface area contributed by atoms with Crippen LogP contribution in [0.1, 0.15) is 93.4 Å². The Balaban J connectivity index is 1.61. The molecule has 2 amide bonds. The summed E-state index contributed by atoms with van der Waals surface area (Å²) in [6, 6.07) is 15.0. The van der Waals surface area contributed by atoms with Crippen molar-refractivity contribution >= 4 is 17.8 Å². The number of carbonyl (C=O) groups excluding carboxylic acids is 2. The first-order valence-corrected chi connectivity index (χ1v) is 13.1. The third-order valence-corrected chi connectivity index (χ3v) is 7.68. The van der Waals surface area contributed by atoms with Crippen LogP contribution in [0.2, 0.25) is 0 Å². The maximum absolute atomic E-state index is 13.4. The van der Waals surface area contributed by atoms with Crippen molar-refractivity contribution in [2.75, 3.05) is 6.61 Å². The van der Waals surface area contributed by atoms with E-state index in [4.69, 9.17) is 15.5 Å². The van der Waals surface area contributed by atoms with Gasteiger partial charge in [0.2, 0.25) is 5.91 Å². The predicted octanol–water partition coefficient (Wildman–Crippen LogP) is 5.13. The van der Waals surface area contributed by atoms with Gasteiger partial charge in [-0.1, -0.05) is 64.4 Å². The number of rotatable bonds is 8. The minimum atomic E-state index is -0.424. The lowest BCUT2D eigenvalue weighted by Gasteiger charge is -2.40. The summed E-state index contributed by atoms with van der Waals surface area (Å²) in [7, 11) is 0. The van der Waals surface area contributed by atoms with Crippen molar-refractivity contribution in [3.05, 3.63) is 65.2 Å². The number of hydrogen-bond donors (Lipinski definition) is 2. The molecule has 0 saturated heterocycles. The van der Waals surface area contributed by atoms with E-state index in [1.807, 2.05) is 62.4 Å². The van der Waals surface area contributed by atoms with Crippen LogP contribution < -0.4 is 15.8 Å². The maximum Gasteiger partial charge on any atom is 0.251 e. The lowest BCUT2D eigenvalue weighted by Crippen LogP contribution is -2.52. The van der Waals surface area contributed by atoms with Gasteiger partial charge in [0.1, 0.15) is 5.75 Å². The molecule has 0 radical (unpaired) electrons. The molecule has 0 saturated carbocycles. The van der Waals surface area contributed by atoms with Crippen LogP contribution in [0.25, 0.3) is 0 Å². The van der Waals surface area contributed by atoms with Crippen molar-refractivity contribution < 1.29 is 14.3 Å². The molecule has 4 rings (SSSR count). The van der Waals surface area contributed by atoms with Crippen LogP contribution in [0.5, 0.6) is 5.75 Å². The number of guanidine groups is 1. The Morgan fingerprint density at radius 2 is 1.94 bits per heavy atom. The van der Waals surface area contributed by atoms with E-state index in [-0.39, 0.29) is 35.8 Å². The number of carbonyl (C=O) groups is 2. The number of nitrogens with one attached hydrogen (secondary N) is 1. The molecule has 36 heavy (non-hydrogen) atoms. The number of aliphatic imine (C=N–C) groups is 1. The minimum Gasteiger partial charge on any atom is -0.493 e. The van der Waals surface area contributed by atoms with Gasteiger partial charge in [-0.05, 0) is 43.0 Å². The summed E-state index contributed by atoms with van der Waals surface area (Å²) < 4.78 is 5.84. The molecule has 0 unspecified atom stereocenters. The van der Waals surface area contributed by atoms with Crippen LogP contribution in [-0.2, 0) is 4.79 Å². The number of para-hydroxylation sites is 1. The molecule has 3 atom stereocenters. The fraction of sp³-hybridized carbons (Fsp3) is 0.483. The van der Waals surface area contributed by atoms with Crippen LogP contribution in [0.15, 0.2) is 53.5 Å². The predicted molar refractivity (Wildman–Crippen MR) is 142 cm³/mol. The Hall–Kier alpha value is -3.35. The quantitative estimate of drug-likeness (QED) is 0.536. The Labute approximate surface area is 214 Å². The highest BCUT2D eigenvalue weighted by atomic mass is 16.5. The van der Waals surface area contributed by atoms with Gasteiger partial charge in [-0.3, -0.25) is 14.5 Å². The molecule has 2 aliphatic heterocycles. The third kappa shape index (κ3) is 4.97. The van der Waals surface area contributed by atoms with Crippen molar-refractivity contribution in [3.8, 4) is 5.75 Å². The minimum absolute atomic E-state index is 0.00728. The van der Waals surface area contributed by atoms with E-state index >= 15 is 0 Å². The zero-order valence-corrected chi connectivity index (χ0v) is 21.8. The zero-order valence-electron chi connectivity index (χ0n) is 21.8. The summed E-state index contributed by atoms with van der Waals surface area (Å²) >= 11 is 0. The van der Waals surface area contributed by atoms with Gasteiger partial charge in [0.05, 0.1) is 30.7 Å². The first-order chi connectivity index (χ1) is 17.3. The Bertz CT molecular complexity index is 1140. The van der Waals surface area contributed by atoms with Crippen LogP contribution in [0.3, 0.4) is 0 Å². The Morgan fingerprint density at radius 1 is 1.19 bits per heavy atom. The SMILES string of the molecule is CCC[C@H](c1cccc(C(=O)N[C@@H]2c3ccccc3OC[C@@H]2C)c1)N1C(=O)CC(CC)(CC)N=C1N. The Kier molecular flexibility index (Phi) is 7.67. The third-order valence-electron chi connectivity index (χ3n) is 7.68. The fourth-order valence-electron chi connectivity index (χ4n) is 5.37. The molecule has 0 spiro atoms. The second kappa shape index (κ2) is 10.7.